The fourth-order valence-electron chi connectivity index (χ4n) is 4.91. The number of carbonyl (C=O) groups excluding carboxylic acids is 1. The number of anilines is 2. The molecule has 6 heteroatoms. The Labute approximate surface area is 193 Å². The molecule has 1 unspecified atom stereocenters. The molecule has 174 valence electrons. The Kier molecular flexibility index (Phi) is 7.55. The highest BCUT2D eigenvalue weighted by atomic mass is 16.1. The summed E-state index contributed by atoms with van der Waals surface area (Å²) in [6.07, 6.45) is 13.1. The average molecular weight is 439 g/mol. The molecule has 2 heterocycles. The lowest BCUT2D eigenvalue weighted by molar-refractivity contribution is -0.805. The second-order valence-corrected chi connectivity index (χ2v) is 10.1. The SMILES string of the molecule is CC(=CCC/C(C)=C/CN1C[NH+](C)c2ncnc(N)c21)CC[C@@]1(C)C(C)=CC(=O)C[C@@H]1C. The van der Waals surface area contributed by atoms with Crippen LogP contribution in [0.3, 0.4) is 0 Å². The Bertz CT molecular complexity index is 948. The highest BCUT2D eigenvalue weighted by molar-refractivity contribution is 5.91. The van der Waals surface area contributed by atoms with Gasteiger partial charge in [0.15, 0.2) is 24.0 Å². The Morgan fingerprint density at radius 1 is 1.28 bits per heavy atom. The number of carbonyl (C=O) groups is 1. The second kappa shape index (κ2) is 9.99. The van der Waals surface area contributed by atoms with Gasteiger partial charge >= 0.3 is 0 Å². The molecule has 0 spiro atoms. The normalized spacial score (nSPS) is 26.4. The van der Waals surface area contributed by atoms with Crippen molar-refractivity contribution in [3.63, 3.8) is 0 Å². The van der Waals surface area contributed by atoms with E-state index in [1.165, 1.54) is 21.6 Å². The third-order valence-electron chi connectivity index (χ3n) is 7.60. The summed E-state index contributed by atoms with van der Waals surface area (Å²) in [5.41, 5.74) is 11.3. The molecular weight excluding hydrogens is 398 g/mol. The molecule has 1 aromatic heterocycles. The number of fused-ring (bicyclic) bond motifs is 1. The molecule has 0 fully saturated rings. The zero-order valence-electron chi connectivity index (χ0n) is 20.7. The summed E-state index contributed by atoms with van der Waals surface area (Å²) in [4.78, 5) is 23.9. The molecule has 0 bridgehead atoms. The fourth-order valence-corrected chi connectivity index (χ4v) is 4.91. The Balaban J connectivity index is 1.49. The van der Waals surface area contributed by atoms with E-state index < -0.39 is 0 Å². The lowest BCUT2D eigenvalue weighted by atomic mass is 9.64. The molecular formula is C26H40N5O+. The Morgan fingerprint density at radius 2 is 2.00 bits per heavy atom. The molecule has 2 aliphatic rings. The van der Waals surface area contributed by atoms with Crippen LogP contribution in [0.1, 0.15) is 66.7 Å². The predicted molar refractivity (Wildman–Crippen MR) is 132 cm³/mol. The monoisotopic (exact) mass is 438 g/mol. The number of nitrogen functional groups attached to an aromatic ring is 1. The third-order valence-corrected chi connectivity index (χ3v) is 7.60. The number of allylic oxidation sites excluding steroid dienone is 5. The van der Waals surface area contributed by atoms with E-state index in [9.17, 15) is 4.79 Å². The number of hydrogen-bond acceptors (Lipinski definition) is 5. The minimum absolute atomic E-state index is 0.131. The van der Waals surface area contributed by atoms with Gasteiger partial charge in [-0.3, -0.25) is 9.69 Å². The van der Waals surface area contributed by atoms with Crippen molar-refractivity contribution in [1.82, 2.24) is 9.97 Å². The van der Waals surface area contributed by atoms with Gasteiger partial charge in [0.25, 0.3) is 5.82 Å². The van der Waals surface area contributed by atoms with Crippen molar-refractivity contribution in [2.45, 2.75) is 66.7 Å². The summed E-state index contributed by atoms with van der Waals surface area (Å²) in [5, 5.41) is 0. The van der Waals surface area contributed by atoms with Gasteiger partial charge in [-0.25, -0.2) is 4.98 Å². The second-order valence-electron chi connectivity index (χ2n) is 10.1. The lowest BCUT2D eigenvalue weighted by Gasteiger charge is -2.39. The van der Waals surface area contributed by atoms with Crippen LogP contribution in [-0.2, 0) is 4.79 Å². The van der Waals surface area contributed by atoms with E-state index >= 15 is 0 Å². The largest absolute Gasteiger partial charge is 0.382 e. The van der Waals surface area contributed by atoms with Gasteiger partial charge in [0.2, 0.25) is 0 Å². The highest BCUT2D eigenvalue weighted by Gasteiger charge is 2.36. The van der Waals surface area contributed by atoms with E-state index in [0.717, 1.165) is 50.4 Å². The molecule has 32 heavy (non-hydrogen) atoms. The van der Waals surface area contributed by atoms with Crippen LogP contribution in [0.5, 0.6) is 0 Å². The molecule has 0 saturated carbocycles. The van der Waals surface area contributed by atoms with Crippen LogP contribution in [0, 0.1) is 11.3 Å². The van der Waals surface area contributed by atoms with Crippen molar-refractivity contribution in [3.8, 4) is 0 Å². The molecule has 0 saturated heterocycles. The number of ketones is 1. The number of nitrogens with one attached hydrogen (secondary N) is 1. The van der Waals surface area contributed by atoms with E-state index in [4.69, 9.17) is 5.73 Å². The van der Waals surface area contributed by atoms with Gasteiger partial charge in [0, 0.05) is 13.0 Å². The topological polar surface area (TPSA) is 76.6 Å². The third kappa shape index (κ3) is 5.29. The first-order valence-corrected chi connectivity index (χ1v) is 11.8. The molecule has 6 nitrogen and oxygen atoms in total. The maximum absolute atomic E-state index is 11.8. The molecule has 3 N–H and O–H groups in total. The lowest BCUT2D eigenvalue weighted by Crippen LogP contribution is -3.03. The van der Waals surface area contributed by atoms with Gasteiger partial charge in [-0.1, -0.05) is 42.7 Å². The van der Waals surface area contributed by atoms with Gasteiger partial charge in [0.05, 0.1) is 7.05 Å². The standard InChI is InChI=1S/C26H39N5O/c1-18(10-12-26(5)20(3)14-22(32)15-21(26)4)8-7-9-19(2)11-13-31-17-30(6)25-23(31)24(27)28-16-29-25/h8,11,14,16,21H,7,9-10,12-13,15,17H2,1-6H3,(H2,27,28,29)/p+1/b18-8?,19-11+/t21-,26-/m0/s1. The summed E-state index contributed by atoms with van der Waals surface area (Å²) in [7, 11) is 2.11. The van der Waals surface area contributed by atoms with Crippen molar-refractivity contribution in [3.05, 3.63) is 41.3 Å². The first kappa shape index (κ1) is 24.2. The van der Waals surface area contributed by atoms with Crippen LogP contribution >= 0.6 is 0 Å². The maximum atomic E-state index is 11.8. The van der Waals surface area contributed by atoms with Crippen molar-refractivity contribution >= 4 is 23.1 Å². The minimum Gasteiger partial charge on any atom is -0.382 e. The van der Waals surface area contributed by atoms with Crippen LogP contribution < -0.4 is 15.5 Å². The van der Waals surface area contributed by atoms with Crippen LogP contribution in [0.25, 0.3) is 0 Å². The van der Waals surface area contributed by atoms with Crippen LogP contribution in [0.2, 0.25) is 0 Å². The van der Waals surface area contributed by atoms with E-state index in [2.05, 4.69) is 68.7 Å². The molecule has 3 atom stereocenters. The molecule has 1 aliphatic carbocycles. The molecule has 1 aliphatic heterocycles. The minimum atomic E-state index is 0.131. The van der Waals surface area contributed by atoms with Gasteiger partial charge in [-0.05, 0) is 63.9 Å². The van der Waals surface area contributed by atoms with Crippen molar-refractivity contribution in [1.29, 1.82) is 0 Å². The molecule has 0 amide bonds. The summed E-state index contributed by atoms with van der Waals surface area (Å²) in [5.74, 6) is 2.24. The summed E-state index contributed by atoms with van der Waals surface area (Å²) in [6.45, 7) is 12.8. The number of aromatic nitrogens is 2. The number of quaternary nitrogens is 1. The van der Waals surface area contributed by atoms with Gasteiger partial charge in [0.1, 0.15) is 6.33 Å². The zero-order valence-corrected chi connectivity index (χ0v) is 20.7. The number of nitrogens with two attached hydrogens (primary N) is 1. The van der Waals surface area contributed by atoms with Crippen LogP contribution in [0.15, 0.2) is 41.3 Å². The van der Waals surface area contributed by atoms with Crippen molar-refractivity contribution in [2.24, 2.45) is 11.3 Å². The molecule has 3 rings (SSSR count). The highest BCUT2D eigenvalue weighted by Crippen LogP contribution is 2.44. The molecule has 0 radical (unpaired) electrons. The molecule has 0 aromatic carbocycles. The van der Waals surface area contributed by atoms with Gasteiger partial charge in [-0.2, -0.15) is 4.98 Å². The first-order valence-electron chi connectivity index (χ1n) is 11.8. The van der Waals surface area contributed by atoms with Crippen molar-refractivity contribution in [2.75, 3.05) is 30.9 Å². The van der Waals surface area contributed by atoms with E-state index in [-0.39, 0.29) is 11.2 Å². The summed E-state index contributed by atoms with van der Waals surface area (Å²) >= 11 is 0. The van der Waals surface area contributed by atoms with Crippen molar-refractivity contribution < 1.29 is 9.69 Å². The van der Waals surface area contributed by atoms with E-state index in [0.29, 0.717) is 18.2 Å². The fraction of sp³-hybridized carbons (Fsp3) is 0.577. The van der Waals surface area contributed by atoms with E-state index in [1.54, 1.807) is 6.33 Å². The number of rotatable bonds is 8. The molecule has 1 aromatic rings. The quantitative estimate of drug-likeness (QED) is 0.600. The number of nitrogens with zero attached hydrogens (tertiary/aromatic N) is 3. The predicted octanol–water partition coefficient (Wildman–Crippen LogP) is 4.00. The summed E-state index contributed by atoms with van der Waals surface area (Å²) in [6, 6.07) is 0. The summed E-state index contributed by atoms with van der Waals surface area (Å²) < 4.78 is 0. The Morgan fingerprint density at radius 3 is 2.72 bits per heavy atom. The average Bonchev–Trinajstić information content (AvgIpc) is 3.06. The first-order chi connectivity index (χ1) is 15.1. The number of hydrogen-bond donors (Lipinski definition) is 2. The Hall–Kier alpha value is -2.47. The van der Waals surface area contributed by atoms with Crippen LogP contribution in [-0.4, -0.2) is 36.0 Å². The van der Waals surface area contributed by atoms with Gasteiger partial charge < -0.3 is 10.6 Å². The van der Waals surface area contributed by atoms with Gasteiger partial charge in [-0.15, -0.1) is 0 Å². The van der Waals surface area contributed by atoms with E-state index in [1.807, 2.05) is 6.08 Å². The smallest absolute Gasteiger partial charge is 0.256 e. The maximum Gasteiger partial charge on any atom is 0.256 e. The van der Waals surface area contributed by atoms with Crippen LogP contribution in [0.4, 0.5) is 17.3 Å². The zero-order chi connectivity index (χ0) is 23.5.